The van der Waals surface area contributed by atoms with Crippen LogP contribution in [0, 0.1) is 5.82 Å². The summed E-state index contributed by atoms with van der Waals surface area (Å²) in [6.45, 7) is 2.13. The van der Waals surface area contributed by atoms with Crippen LogP contribution in [0.5, 0.6) is 5.75 Å². The van der Waals surface area contributed by atoms with Gasteiger partial charge in [0, 0.05) is 18.0 Å². The number of hydrogen-bond donors (Lipinski definition) is 1. The fraction of sp³-hybridized carbons (Fsp3) is 0.294. The van der Waals surface area contributed by atoms with E-state index in [-0.39, 0.29) is 18.0 Å². The molecule has 0 saturated carbocycles. The maximum absolute atomic E-state index is 13.3. The second kappa shape index (κ2) is 5.25. The summed E-state index contributed by atoms with van der Waals surface area (Å²) in [6, 6.07) is 12.6. The molecule has 0 aliphatic carbocycles. The average molecular weight is 271 g/mol. The summed E-state index contributed by atoms with van der Waals surface area (Å²) in [5.41, 5.74) is 9.40. The van der Waals surface area contributed by atoms with Crippen LogP contribution in [-0.2, 0) is 6.42 Å². The van der Waals surface area contributed by atoms with Gasteiger partial charge in [-0.1, -0.05) is 31.2 Å². The van der Waals surface area contributed by atoms with Crippen LogP contribution in [-0.4, -0.2) is 0 Å². The Labute approximate surface area is 118 Å². The van der Waals surface area contributed by atoms with E-state index in [1.807, 2.05) is 12.1 Å². The third kappa shape index (κ3) is 2.29. The summed E-state index contributed by atoms with van der Waals surface area (Å²) >= 11 is 0. The van der Waals surface area contributed by atoms with Crippen LogP contribution in [0.1, 0.15) is 42.2 Å². The molecule has 2 aromatic carbocycles. The lowest BCUT2D eigenvalue weighted by Crippen LogP contribution is -2.25. The number of aryl methyl sites for hydroxylation is 1. The number of rotatable bonds is 2. The molecule has 104 valence electrons. The number of ether oxygens (including phenoxy) is 1. The van der Waals surface area contributed by atoms with E-state index in [0.29, 0.717) is 12.2 Å². The van der Waals surface area contributed by atoms with E-state index in [0.717, 1.165) is 12.0 Å². The summed E-state index contributed by atoms with van der Waals surface area (Å²) in [7, 11) is 0. The standard InChI is InChI=1S/C17H18FNO/c1-2-11-5-3-4-6-13(11)17-10-15(19)14-9-12(18)7-8-16(14)20-17/h3-9,15,17H,2,10,19H2,1H3/t15-,17?/m1/s1. The lowest BCUT2D eigenvalue weighted by Gasteiger charge is -2.31. The van der Waals surface area contributed by atoms with Gasteiger partial charge >= 0.3 is 0 Å². The van der Waals surface area contributed by atoms with E-state index in [1.54, 1.807) is 6.07 Å². The zero-order chi connectivity index (χ0) is 14.1. The van der Waals surface area contributed by atoms with Gasteiger partial charge in [0.15, 0.2) is 0 Å². The van der Waals surface area contributed by atoms with E-state index in [2.05, 4.69) is 19.1 Å². The molecule has 0 amide bonds. The molecule has 20 heavy (non-hydrogen) atoms. The lowest BCUT2D eigenvalue weighted by atomic mass is 9.91. The third-order valence-electron chi connectivity index (χ3n) is 3.89. The highest BCUT2D eigenvalue weighted by molar-refractivity contribution is 5.40. The van der Waals surface area contributed by atoms with Crippen LogP contribution < -0.4 is 10.5 Å². The molecule has 0 bridgehead atoms. The predicted octanol–water partition coefficient (Wildman–Crippen LogP) is 3.91. The van der Waals surface area contributed by atoms with Crippen LogP contribution in [0.15, 0.2) is 42.5 Å². The number of benzene rings is 2. The molecule has 2 nitrogen and oxygen atoms in total. The largest absolute Gasteiger partial charge is 0.485 e. The molecule has 0 fully saturated rings. The molecule has 0 spiro atoms. The molecule has 2 aromatic rings. The van der Waals surface area contributed by atoms with Crippen molar-refractivity contribution in [3.05, 3.63) is 65.0 Å². The Kier molecular flexibility index (Phi) is 3.45. The van der Waals surface area contributed by atoms with Crippen molar-refractivity contribution >= 4 is 0 Å². The normalized spacial score (nSPS) is 21.1. The van der Waals surface area contributed by atoms with Crippen molar-refractivity contribution in [1.82, 2.24) is 0 Å². The molecule has 1 heterocycles. The lowest BCUT2D eigenvalue weighted by molar-refractivity contribution is 0.160. The molecular formula is C17H18FNO. The van der Waals surface area contributed by atoms with Crippen molar-refractivity contribution in [2.24, 2.45) is 5.73 Å². The quantitative estimate of drug-likeness (QED) is 0.898. The number of halogens is 1. The Bertz CT molecular complexity index is 626. The molecule has 1 aliphatic rings. The summed E-state index contributed by atoms with van der Waals surface area (Å²) in [5, 5.41) is 0. The highest BCUT2D eigenvalue weighted by Gasteiger charge is 2.28. The van der Waals surface area contributed by atoms with Crippen molar-refractivity contribution in [2.75, 3.05) is 0 Å². The SMILES string of the molecule is CCc1ccccc1C1C[C@@H](N)c2cc(F)ccc2O1. The highest BCUT2D eigenvalue weighted by atomic mass is 19.1. The monoisotopic (exact) mass is 271 g/mol. The van der Waals surface area contributed by atoms with Crippen molar-refractivity contribution in [2.45, 2.75) is 31.9 Å². The van der Waals surface area contributed by atoms with Crippen LogP contribution >= 0.6 is 0 Å². The first-order valence-corrected chi connectivity index (χ1v) is 6.98. The van der Waals surface area contributed by atoms with Gasteiger partial charge in [0.25, 0.3) is 0 Å². The Hall–Kier alpha value is -1.87. The van der Waals surface area contributed by atoms with Gasteiger partial charge < -0.3 is 10.5 Å². The third-order valence-corrected chi connectivity index (χ3v) is 3.89. The Balaban J connectivity index is 1.97. The zero-order valence-corrected chi connectivity index (χ0v) is 11.5. The Morgan fingerprint density at radius 2 is 2.00 bits per heavy atom. The first kappa shape index (κ1) is 13.1. The van der Waals surface area contributed by atoms with Crippen LogP contribution in [0.2, 0.25) is 0 Å². The van der Waals surface area contributed by atoms with Gasteiger partial charge in [-0.2, -0.15) is 0 Å². The predicted molar refractivity (Wildman–Crippen MR) is 77.1 cm³/mol. The van der Waals surface area contributed by atoms with Crippen LogP contribution in [0.25, 0.3) is 0 Å². The van der Waals surface area contributed by atoms with Gasteiger partial charge in [0.05, 0.1) is 0 Å². The van der Waals surface area contributed by atoms with Crippen LogP contribution in [0.3, 0.4) is 0 Å². The number of fused-ring (bicyclic) bond motifs is 1. The maximum atomic E-state index is 13.3. The molecule has 0 saturated heterocycles. The molecule has 0 radical (unpaired) electrons. The van der Waals surface area contributed by atoms with Gasteiger partial charge in [-0.15, -0.1) is 0 Å². The zero-order valence-electron chi connectivity index (χ0n) is 11.5. The number of nitrogens with two attached hydrogens (primary N) is 1. The van der Waals surface area contributed by atoms with Gasteiger partial charge in [0.2, 0.25) is 0 Å². The summed E-state index contributed by atoms with van der Waals surface area (Å²) in [4.78, 5) is 0. The molecule has 3 rings (SSSR count). The maximum Gasteiger partial charge on any atom is 0.126 e. The van der Waals surface area contributed by atoms with Crippen molar-refractivity contribution in [3.63, 3.8) is 0 Å². The molecular weight excluding hydrogens is 253 g/mol. The van der Waals surface area contributed by atoms with E-state index in [9.17, 15) is 4.39 Å². The van der Waals surface area contributed by atoms with E-state index in [4.69, 9.17) is 10.5 Å². The molecule has 2 atom stereocenters. The minimum Gasteiger partial charge on any atom is -0.485 e. The fourth-order valence-electron chi connectivity index (χ4n) is 2.84. The molecule has 1 unspecified atom stereocenters. The van der Waals surface area contributed by atoms with Gasteiger partial charge in [-0.25, -0.2) is 4.39 Å². The molecule has 2 N–H and O–H groups in total. The van der Waals surface area contributed by atoms with Gasteiger partial charge in [-0.05, 0) is 35.7 Å². The summed E-state index contributed by atoms with van der Waals surface area (Å²) in [5.74, 6) is 0.427. The number of hydrogen-bond acceptors (Lipinski definition) is 2. The molecule has 1 aliphatic heterocycles. The van der Waals surface area contributed by atoms with E-state index < -0.39 is 0 Å². The second-order valence-corrected chi connectivity index (χ2v) is 5.18. The Morgan fingerprint density at radius 3 is 2.80 bits per heavy atom. The van der Waals surface area contributed by atoms with Crippen molar-refractivity contribution < 1.29 is 9.13 Å². The summed E-state index contributed by atoms with van der Waals surface area (Å²) < 4.78 is 19.3. The summed E-state index contributed by atoms with van der Waals surface area (Å²) in [6.07, 6.45) is 1.58. The second-order valence-electron chi connectivity index (χ2n) is 5.18. The molecule has 0 aromatic heterocycles. The minimum atomic E-state index is -0.268. The topological polar surface area (TPSA) is 35.2 Å². The van der Waals surface area contributed by atoms with E-state index in [1.165, 1.54) is 23.3 Å². The first-order valence-electron chi connectivity index (χ1n) is 6.98. The minimum absolute atomic E-state index is 0.0564. The Morgan fingerprint density at radius 1 is 1.20 bits per heavy atom. The van der Waals surface area contributed by atoms with Crippen LogP contribution in [0.4, 0.5) is 4.39 Å². The smallest absolute Gasteiger partial charge is 0.126 e. The molecule has 3 heteroatoms. The van der Waals surface area contributed by atoms with Gasteiger partial charge in [-0.3, -0.25) is 0 Å². The van der Waals surface area contributed by atoms with Crippen molar-refractivity contribution in [3.8, 4) is 5.75 Å². The van der Waals surface area contributed by atoms with Gasteiger partial charge in [0.1, 0.15) is 17.7 Å². The van der Waals surface area contributed by atoms with Crippen molar-refractivity contribution in [1.29, 1.82) is 0 Å². The fourth-order valence-corrected chi connectivity index (χ4v) is 2.84. The first-order chi connectivity index (χ1) is 9.69. The highest BCUT2D eigenvalue weighted by Crippen LogP contribution is 2.40. The average Bonchev–Trinajstić information content (AvgIpc) is 2.47. The van der Waals surface area contributed by atoms with E-state index >= 15 is 0 Å².